The molecule has 0 saturated heterocycles. The number of carbonyl (C=O) groups is 1. The van der Waals surface area contributed by atoms with Crippen molar-refractivity contribution < 1.29 is 13.9 Å². The van der Waals surface area contributed by atoms with Gasteiger partial charge in [-0.05, 0) is 44.5 Å². The Labute approximate surface area is 177 Å². The van der Waals surface area contributed by atoms with E-state index in [1.54, 1.807) is 35.0 Å². The van der Waals surface area contributed by atoms with Crippen molar-refractivity contribution in [1.82, 2.24) is 25.0 Å². The molecule has 0 aliphatic carbocycles. The van der Waals surface area contributed by atoms with E-state index in [0.29, 0.717) is 16.8 Å². The Bertz CT molecular complexity index is 1340. The molecule has 9 heteroatoms. The van der Waals surface area contributed by atoms with Crippen LogP contribution in [0.5, 0.6) is 5.75 Å². The fraction of sp³-hybridized carbons (Fsp3) is 0.273. The lowest BCUT2D eigenvalue weighted by molar-refractivity contribution is -0.125. The van der Waals surface area contributed by atoms with Crippen molar-refractivity contribution in [2.45, 2.75) is 33.4 Å². The lowest BCUT2D eigenvalue weighted by Gasteiger charge is -2.33. The first-order valence-electron chi connectivity index (χ1n) is 9.93. The molecule has 1 amide bonds. The van der Waals surface area contributed by atoms with Crippen molar-refractivity contribution in [3.8, 4) is 16.9 Å². The maximum absolute atomic E-state index is 15.1. The number of aryl methyl sites for hydroxylation is 2. The molecule has 1 aromatic carbocycles. The van der Waals surface area contributed by atoms with E-state index in [4.69, 9.17) is 4.74 Å². The molecule has 0 spiro atoms. The fourth-order valence-corrected chi connectivity index (χ4v) is 3.98. The maximum atomic E-state index is 15.1. The molecule has 0 radical (unpaired) electrons. The van der Waals surface area contributed by atoms with Crippen LogP contribution in [0.1, 0.15) is 23.9 Å². The number of amides is 1. The first kappa shape index (κ1) is 19.2. The lowest BCUT2D eigenvalue weighted by Crippen LogP contribution is -2.44. The molecule has 0 bridgehead atoms. The highest BCUT2D eigenvalue weighted by atomic mass is 19.1. The van der Waals surface area contributed by atoms with Gasteiger partial charge in [0.15, 0.2) is 17.7 Å². The van der Waals surface area contributed by atoms with Crippen LogP contribution in [0.15, 0.2) is 30.6 Å². The summed E-state index contributed by atoms with van der Waals surface area (Å²) >= 11 is 0. The third-order valence-electron chi connectivity index (χ3n) is 5.82. The monoisotopic (exact) mass is 420 g/mol. The summed E-state index contributed by atoms with van der Waals surface area (Å²) in [7, 11) is 1.86. The van der Waals surface area contributed by atoms with Crippen LogP contribution >= 0.6 is 0 Å². The second kappa shape index (κ2) is 6.90. The molecule has 4 aromatic rings. The van der Waals surface area contributed by atoms with E-state index in [2.05, 4.69) is 20.3 Å². The highest BCUT2D eigenvalue weighted by Crippen LogP contribution is 2.41. The van der Waals surface area contributed by atoms with Crippen molar-refractivity contribution in [3.63, 3.8) is 0 Å². The summed E-state index contributed by atoms with van der Waals surface area (Å²) in [6.07, 6.45) is 2.50. The summed E-state index contributed by atoms with van der Waals surface area (Å²) in [5, 5.41) is 11.3. The van der Waals surface area contributed by atoms with Gasteiger partial charge in [0.25, 0.3) is 5.91 Å². The van der Waals surface area contributed by atoms with Gasteiger partial charge < -0.3 is 9.64 Å². The average Bonchev–Trinajstić information content (AvgIpc) is 3.30. The number of carbonyl (C=O) groups excluding carboxylic acids is 1. The topological polar surface area (TPSA) is 88.9 Å². The highest BCUT2D eigenvalue weighted by Gasteiger charge is 2.35. The molecule has 3 aromatic heterocycles. The van der Waals surface area contributed by atoms with Crippen LogP contribution in [-0.4, -0.2) is 37.0 Å². The Morgan fingerprint density at radius 2 is 2.00 bits per heavy atom. The molecule has 0 unspecified atom stereocenters. The zero-order valence-corrected chi connectivity index (χ0v) is 17.6. The van der Waals surface area contributed by atoms with Gasteiger partial charge in [-0.1, -0.05) is 0 Å². The van der Waals surface area contributed by atoms with Crippen molar-refractivity contribution in [2.75, 3.05) is 4.90 Å². The number of pyridine rings is 1. The summed E-state index contributed by atoms with van der Waals surface area (Å²) in [5.74, 6) is -0.680. The Morgan fingerprint density at radius 3 is 2.74 bits per heavy atom. The number of aromatic amines is 1. The standard InChI is InChI=1S/C22H21FN6O2/c1-11-16(12(2)28(4)27-11)10-29-20-7-14(5-17(23)21(20)31-13(3)22(29)30)15-6-18-19(24-8-15)9-25-26-18/h5-9,13H,10H2,1-4H3,(H,25,26)/t13-/m1/s1. The van der Waals surface area contributed by atoms with Gasteiger partial charge in [0, 0.05) is 30.1 Å². The van der Waals surface area contributed by atoms with Gasteiger partial charge in [-0.3, -0.25) is 19.6 Å². The van der Waals surface area contributed by atoms with E-state index in [-0.39, 0.29) is 18.2 Å². The number of ether oxygens (including phenoxy) is 1. The summed E-state index contributed by atoms with van der Waals surface area (Å²) in [5.41, 5.74) is 5.88. The number of nitrogens with one attached hydrogen (secondary N) is 1. The van der Waals surface area contributed by atoms with Gasteiger partial charge in [0.2, 0.25) is 0 Å². The summed E-state index contributed by atoms with van der Waals surface area (Å²) in [6.45, 7) is 5.77. The number of hydrogen-bond acceptors (Lipinski definition) is 5. The Morgan fingerprint density at radius 1 is 1.19 bits per heavy atom. The van der Waals surface area contributed by atoms with E-state index >= 15 is 4.39 Å². The molecule has 1 aliphatic rings. The number of halogens is 1. The molecule has 5 rings (SSSR count). The first-order valence-corrected chi connectivity index (χ1v) is 9.93. The molecule has 1 aliphatic heterocycles. The van der Waals surface area contributed by atoms with Gasteiger partial charge in [-0.25, -0.2) is 4.39 Å². The van der Waals surface area contributed by atoms with E-state index in [1.807, 2.05) is 27.0 Å². The molecule has 31 heavy (non-hydrogen) atoms. The quantitative estimate of drug-likeness (QED) is 0.549. The van der Waals surface area contributed by atoms with Crippen LogP contribution in [0, 0.1) is 19.7 Å². The smallest absolute Gasteiger partial charge is 0.268 e. The Hall–Kier alpha value is -3.75. The first-order chi connectivity index (χ1) is 14.8. The van der Waals surface area contributed by atoms with Crippen LogP contribution in [0.4, 0.5) is 10.1 Å². The minimum Gasteiger partial charge on any atom is -0.476 e. The Balaban J connectivity index is 1.64. The Kier molecular flexibility index (Phi) is 4.28. The molecule has 0 fully saturated rings. The lowest BCUT2D eigenvalue weighted by atomic mass is 10.0. The zero-order chi connectivity index (χ0) is 21.9. The number of rotatable bonds is 3. The van der Waals surface area contributed by atoms with Crippen molar-refractivity contribution >= 4 is 22.6 Å². The van der Waals surface area contributed by atoms with E-state index < -0.39 is 11.9 Å². The molecule has 0 saturated carbocycles. The SMILES string of the molecule is Cc1nn(C)c(C)c1CN1C(=O)[C@@H](C)Oc2c(F)cc(-c3cnc4cn[nH]c4c3)cc21. The summed E-state index contributed by atoms with van der Waals surface area (Å²) in [4.78, 5) is 19.0. The molecule has 1 N–H and O–H groups in total. The fourth-order valence-electron chi connectivity index (χ4n) is 3.98. The third kappa shape index (κ3) is 3.04. The van der Waals surface area contributed by atoms with Crippen LogP contribution in [0.2, 0.25) is 0 Å². The summed E-state index contributed by atoms with van der Waals surface area (Å²) in [6, 6.07) is 5.02. The molecular formula is C22H21FN6O2. The van der Waals surface area contributed by atoms with E-state index in [9.17, 15) is 4.79 Å². The number of nitrogens with zero attached hydrogens (tertiary/aromatic N) is 5. The minimum absolute atomic E-state index is 0.0747. The van der Waals surface area contributed by atoms with Gasteiger partial charge in [-0.15, -0.1) is 0 Å². The number of benzene rings is 1. The van der Waals surface area contributed by atoms with Crippen LogP contribution in [-0.2, 0) is 18.4 Å². The zero-order valence-electron chi connectivity index (χ0n) is 17.6. The second-order valence-electron chi connectivity index (χ2n) is 7.79. The number of hydrogen-bond donors (Lipinski definition) is 1. The molecule has 1 atom stereocenters. The number of anilines is 1. The average molecular weight is 420 g/mol. The molecule has 8 nitrogen and oxygen atoms in total. The summed E-state index contributed by atoms with van der Waals surface area (Å²) < 4.78 is 22.5. The van der Waals surface area contributed by atoms with Gasteiger partial charge in [0.05, 0.1) is 29.6 Å². The van der Waals surface area contributed by atoms with Crippen molar-refractivity contribution in [1.29, 1.82) is 0 Å². The van der Waals surface area contributed by atoms with Crippen molar-refractivity contribution in [3.05, 3.63) is 53.4 Å². The largest absolute Gasteiger partial charge is 0.476 e. The molecule has 4 heterocycles. The number of aromatic nitrogens is 5. The number of fused-ring (bicyclic) bond motifs is 2. The van der Waals surface area contributed by atoms with Crippen LogP contribution in [0.3, 0.4) is 0 Å². The predicted octanol–water partition coefficient (Wildman–Crippen LogP) is 3.43. The van der Waals surface area contributed by atoms with Crippen molar-refractivity contribution in [2.24, 2.45) is 7.05 Å². The third-order valence-corrected chi connectivity index (χ3v) is 5.82. The maximum Gasteiger partial charge on any atom is 0.268 e. The van der Waals surface area contributed by atoms with E-state index in [1.165, 1.54) is 6.07 Å². The normalized spacial score (nSPS) is 16.0. The second-order valence-corrected chi connectivity index (χ2v) is 7.79. The highest BCUT2D eigenvalue weighted by molar-refractivity contribution is 6.00. The van der Waals surface area contributed by atoms with E-state index in [0.717, 1.165) is 28.0 Å². The molecular weight excluding hydrogens is 399 g/mol. The minimum atomic E-state index is -0.784. The van der Waals surface area contributed by atoms with Gasteiger partial charge in [-0.2, -0.15) is 10.2 Å². The molecule has 158 valence electrons. The van der Waals surface area contributed by atoms with Crippen LogP contribution < -0.4 is 9.64 Å². The number of H-pyrrole nitrogens is 1. The predicted molar refractivity (Wildman–Crippen MR) is 113 cm³/mol. The van der Waals surface area contributed by atoms with Crippen LogP contribution in [0.25, 0.3) is 22.2 Å². The van der Waals surface area contributed by atoms with Gasteiger partial charge in [0.1, 0.15) is 5.52 Å². The van der Waals surface area contributed by atoms with Gasteiger partial charge >= 0.3 is 0 Å².